The molecule has 1 aromatic carbocycles. The Hall–Kier alpha value is -2.32. The molecule has 0 amide bonds. The summed E-state index contributed by atoms with van der Waals surface area (Å²) in [4.78, 5) is 21.6. The van der Waals surface area contributed by atoms with E-state index in [1.165, 1.54) is 10.5 Å². The van der Waals surface area contributed by atoms with Crippen molar-refractivity contribution in [2.45, 2.75) is 81.8 Å². The summed E-state index contributed by atoms with van der Waals surface area (Å²) in [6.45, 7) is 11.5. The molecular formula is C26H32N2O2S. The van der Waals surface area contributed by atoms with Crippen molar-refractivity contribution in [3.8, 4) is 11.8 Å². The van der Waals surface area contributed by atoms with Gasteiger partial charge in [-0.1, -0.05) is 33.6 Å². The first-order chi connectivity index (χ1) is 14.7. The fourth-order valence-electron chi connectivity index (χ4n) is 4.21. The minimum Gasteiger partial charge on any atom is -0.466 e. The second-order valence-corrected chi connectivity index (χ2v) is 11.0. The lowest BCUT2D eigenvalue weighted by atomic mass is 9.76. The van der Waals surface area contributed by atoms with E-state index in [2.05, 4.69) is 67.7 Å². The Morgan fingerprint density at radius 2 is 1.94 bits per heavy atom. The molecule has 1 aliphatic rings. The van der Waals surface area contributed by atoms with Gasteiger partial charge in [-0.3, -0.25) is 9.78 Å². The minimum absolute atomic E-state index is 0.132. The molecule has 0 unspecified atom stereocenters. The highest BCUT2D eigenvalue weighted by atomic mass is 32.2. The maximum atomic E-state index is 11.4. The maximum absolute atomic E-state index is 11.4. The fourth-order valence-corrected chi connectivity index (χ4v) is 5.82. The van der Waals surface area contributed by atoms with Crippen molar-refractivity contribution in [1.82, 2.24) is 9.97 Å². The normalized spacial score (nSPS) is 16.0. The molecule has 31 heavy (non-hydrogen) atoms. The molecule has 0 fully saturated rings. The number of aromatic nitrogens is 2. The third kappa shape index (κ3) is 6.58. The van der Waals surface area contributed by atoms with E-state index in [-0.39, 0.29) is 16.1 Å². The monoisotopic (exact) mass is 436 g/mol. The Morgan fingerprint density at radius 3 is 2.65 bits per heavy atom. The van der Waals surface area contributed by atoms with Crippen molar-refractivity contribution in [3.05, 3.63) is 53.1 Å². The Morgan fingerprint density at radius 1 is 1.13 bits per heavy atom. The molecular weight excluding hydrogens is 404 g/mol. The second kappa shape index (κ2) is 9.87. The van der Waals surface area contributed by atoms with Gasteiger partial charge in [-0.15, -0.1) is 11.8 Å². The lowest BCUT2D eigenvalue weighted by Crippen LogP contribution is -2.33. The van der Waals surface area contributed by atoms with Gasteiger partial charge in [0.05, 0.1) is 18.5 Å². The van der Waals surface area contributed by atoms with Crippen LogP contribution >= 0.6 is 11.8 Å². The topological polar surface area (TPSA) is 52.1 Å². The molecule has 164 valence electrons. The molecule has 0 saturated heterocycles. The first-order valence-electron chi connectivity index (χ1n) is 11.0. The number of hydrogen-bond donors (Lipinski definition) is 0. The average molecular weight is 437 g/mol. The molecule has 2 heterocycles. The number of nitrogens with zero attached hydrogens (tertiary/aromatic N) is 2. The van der Waals surface area contributed by atoms with Gasteiger partial charge in [-0.2, -0.15) is 0 Å². The van der Waals surface area contributed by atoms with Crippen molar-refractivity contribution in [2.24, 2.45) is 0 Å². The lowest BCUT2D eigenvalue weighted by Gasteiger charge is -2.41. The number of carbonyl (C=O) groups excluding carboxylic acids is 1. The quantitative estimate of drug-likeness (QED) is 0.330. The Balaban J connectivity index is 1.61. The third-order valence-electron chi connectivity index (χ3n) is 5.37. The summed E-state index contributed by atoms with van der Waals surface area (Å²) in [7, 11) is 0. The van der Waals surface area contributed by atoms with E-state index in [4.69, 9.17) is 4.74 Å². The molecule has 4 nitrogen and oxygen atoms in total. The number of esters is 1. The molecule has 0 aliphatic carbocycles. The van der Waals surface area contributed by atoms with E-state index in [9.17, 15) is 4.79 Å². The van der Waals surface area contributed by atoms with Gasteiger partial charge in [0.2, 0.25) is 0 Å². The first-order valence-corrected chi connectivity index (χ1v) is 11.8. The zero-order valence-corrected chi connectivity index (χ0v) is 20.1. The van der Waals surface area contributed by atoms with Gasteiger partial charge in [0.15, 0.2) is 0 Å². The van der Waals surface area contributed by atoms with Gasteiger partial charge in [-0.25, -0.2) is 4.98 Å². The smallest absolute Gasteiger partial charge is 0.305 e. The van der Waals surface area contributed by atoms with Crippen LogP contribution in [0, 0.1) is 11.8 Å². The molecule has 0 N–H and O–H groups in total. The number of fused-ring (bicyclic) bond motifs is 1. The van der Waals surface area contributed by atoms with E-state index >= 15 is 0 Å². The number of carbonyl (C=O) groups is 1. The predicted octanol–water partition coefficient (Wildman–Crippen LogP) is 5.70. The van der Waals surface area contributed by atoms with Crippen LogP contribution in [0.1, 0.15) is 82.8 Å². The van der Waals surface area contributed by atoms with Crippen LogP contribution in [0.3, 0.4) is 0 Å². The predicted molar refractivity (Wildman–Crippen MR) is 126 cm³/mol. The molecule has 0 radical (unpaired) electrons. The zero-order valence-electron chi connectivity index (χ0n) is 19.2. The van der Waals surface area contributed by atoms with E-state index < -0.39 is 0 Å². The van der Waals surface area contributed by atoms with Crippen molar-refractivity contribution >= 4 is 17.7 Å². The van der Waals surface area contributed by atoms with Crippen LogP contribution in [-0.2, 0) is 21.4 Å². The molecule has 2 aromatic rings. The molecule has 0 atom stereocenters. The van der Waals surface area contributed by atoms with Gasteiger partial charge in [0, 0.05) is 27.8 Å². The van der Waals surface area contributed by atoms with Crippen molar-refractivity contribution in [1.29, 1.82) is 0 Å². The minimum atomic E-state index is -0.132. The summed E-state index contributed by atoms with van der Waals surface area (Å²) in [5.74, 6) is 6.26. The van der Waals surface area contributed by atoms with Gasteiger partial charge in [0.25, 0.3) is 0 Å². The van der Waals surface area contributed by atoms with E-state index in [1.807, 2.05) is 18.7 Å². The summed E-state index contributed by atoms with van der Waals surface area (Å²) in [5, 5.41) is 0. The molecule has 0 saturated carbocycles. The average Bonchev–Trinajstić information content (AvgIpc) is 2.70. The maximum Gasteiger partial charge on any atom is 0.305 e. The summed E-state index contributed by atoms with van der Waals surface area (Å²) < 4.78 is 5.19. The Kier molecular flexibility index (Phi) is 7.43. The van der Waals surface area contributed by atoms with Crippen LogP contribution in [0.5, 0.6) is 0 Å². The SMILES string of the molecule is CCOC(=O)CCCCc1cnc(C#Cc2ccc3c(c2)C(C)(C)CC(C)(C)S3)cn1. The van der Waals surface area contributed by atoms with Crippen LogP contribution < -0.4 is 0 Å². The number of benzene rings is 1. The molecule has 1 aliphatic heterocycles. The highest BCUT2D eigenvalue weighted by molar-refractivity contribution is 8.00. The number of thioether (sulfide) groups is 1. The van der Waals surface area contributed by atoms with E-state index in [0.29, 0.717) is 18.7 Å². The molecule has 5 heteroatoms. The summed E-state index contributed by atoms with van der Waals surface area (Å²) >= 11 is 1.96. The number of hydrogen-bond acceptors (Lipinski definition) is 5. The lowest BCUT2D eigenvalue weighted by molar-refractivity contribution is -0.143. The van der Waals surface area contributed by atoms with Crippen molar-refractivity contribution in [3.63, 3.8) is 0 Å². The standard InChI is InChI=1S/C26H32N2O2S/c1-6-30-24(29)10-8-7-9-20-16-28-21(17-27-20)13-11-19-12-14-23-22(15-19)25(2,3)18-26(4,5)31-23/h12,14-17H,6-10,18H2,1-5H3. The molecule has 0 spiro atoms. The number of unbranched alkanes of at least 4 members (excludes halogenated alkanes) is 1. The number of rotatable bonds is 6. The van der Waals surface area contributed by atoms with Crippen LogP contribution in [0.25, 0.3) is 0 Å². The van der Waals surface area contributed by atoms with Crippen LogP contribution in [0.2, 0.25) is 0 Å². The third-order valence-corrected chi connectivity index (χ3v) is 6.64. The van der Waals surface area contributed by atoms with Crippen molar-refractivity contribution < 1.29 is 9.53 Å². The fraction of sp³-hybridized carbons (Fsp3) is 0.500. The van der Waals surface area contributed by atoms with Crippen molar-refractivity contribution in [2.75, 3.05) is 6.61 Å². The van der Waals surface area contributed by atoms with Gasteiger partial charge >= 0.3 is 5.97 Å². The van der Waals surface area contributed by atoms with Gasteiger partial charge < -0.3 is 4.74 Å². The highest BCUT2D eigenvalue weighted by Gasteiger charge is 2.37. The van der Waals surface area contributed by atoms with Gasteiger partial charge in [-0.05, 0) is 67.7 Å². The second-order valence-electron chi connectivity index (χ2n) is 9.29. The number of ether oxygens (including phenoxy) is 1. The summed E-state index contributed by atoms with van der Waals surface area (Å²) in [6, 6.07) is 6.54. The molecule has 0 bridgehead atoms. The Bertz CT molecular complexity index is 985. The largest absolute Gasteiger partial charge is 0.466 e. The first kappa shape index (κ1) is 23.3. The summed E-state index contributed by atoms with van der Waals surface area (Å²) in [5.41, 5.74) is 4.12. The van der Waals surface area contributed by atoms with E-state index in [0.717, 1.165) is 36.9 Å². The van der Waals surface area contributed by atoms with Crippen LogP contribution in [0.4, 0.5) is 0 Å². The van der Waals surface area contributed by atoms with E-state index in [1.54, 1.807) is 12.4 Å². The van der Waals surface area contributed by atoms with Gasteiger partial charge in [0.1, 0.15) is 5.69 Å². The summed E-state index contributed by atoms with van der Waals surface area (Å²) in [6.07, 6.45) is 7.59. The Labute approximate surface area is 190 Å². The number of aryl methyl sites for hydroxylation is 1. The zero-order chi connectivity index (χ0) is 22.5. The van der Waals surface area contributed by atoms with Crippen LogP contribution in [-0.4, -0.2) is 27.3 Å². The molecule has 3 rings (SSSR count). The van der Waals surface area contributed by atoms with Crippen LogP contribution in [0.15, 0.2) is 35.5 Å². The highest BCUT2D eigenvalue weighted by Crippen LogP contribution is 2.50. The molecule has 1 aromatic heterocycles.